The highest BCUT2D eigenvalue weighted by Crippen LogP contribution is 2.26. The molecule has 0 aliphatic rings. The summed E-state index contributed by atoms with van der Waals surface area (Å²) in [5.74, 6) is -0.411. The number of carbonyl (C=O) groups excluding carboxylic acids is 1. The first-order chi connectivity index (χ1) is 16.0. The van der Waals surface area contributed by atoms with Crippen LogP contribution in [0.5, 0.6) is 0 Å². The zero-order valence-electron chi connectivity index (χ0n) is 18.6. The number of hydrogen-bond donors (Lipinski definition) is 2. The number of carboxylic acids is 1. The van der Waals surface area contributed by atoms with E-state index in [4.69, 9.17) is 4.74 Å². The summed E-state index contributed by atoms with van der Waals surface area (Å²) >= 11 is 1.54. The summed E-state index contributed by atoms with van der Waals surface area (Å²) in [7, 11) is 0. The molecule has 0 radical (unpaired) electrons. The second kappa shape index (κ2) is 12.7. The van der Waals surface area contributed by atoms with E-state index in [1.54, 1.807) is 11.8 Å². The molecule has 2 N–H and O–H groups in total. The third-order valence-electron chi connectivity index (χ3n) is 5.27. The van der Waals surface area contributed by atoms with E-state index in [1.165, 1.54) is 5.56 Å². The van der Waals surface area contributed by atoms with Crippen molar-refractivity contribution in [1.29, 1.82) is 0 Å². The molecule has 0 saturated heterocycles. The van der Waals surface area contributed by atoms with Gasteiger partial charge in [0, 0.05) is 11.0 Å². The standard InChI is InChI=1S/C27H29NO4S/c1-20-12-14-23(15-13-20)19-33-24(17-16-21-8-4-2-5-9-21)25(26(29)30)28-27(31)32-18-22-10-6-3-7-11-22/h2-15,24-25H,16-19H2,1H3,(H,28,31)(H,29,30)/t24-,25-/m0/s1. The molecule has 6 heteroatoms. The molecule has 0 aromatic heterocycles. The fraction of sp³-hybridized carbons (Fsp3) is 0.259. The number of thioether (sulfide) groups is 1. The van der Waals surface area contributed by atoms with Crippen molar-refractivity contribution in [3.63, 3.8) is 0 Å². The van der Waals surface area contributed by atoms with E-state index >= 15 is 0 Å². The number of hydrogen-bond acceptors (Lipinski definition) is 4. The monoisotopic (exact) mass is 463 g/mol. The second-order valence-corrected chi connectivity index (χ2v) is 9.11. The van der Waals surface area contributed by atoms with Crippen molar-refractivity contribution in [2.24, 2.45) is 0 Å². The molecule has 33 heavy (non-hydrogen) atoms. The SMILES string of the molecule is Cc1ccc(CS[C@@H](CCc2ccccc2)[C@H](NC(=O)OCc2ccccc2)C(=O)O)cc1. The molecule has 0 fully saturated rings. The van der Waals surface area contributed by atoms with Gasteiger partial charge in [0.15, 0.2) is 0 Å². The van der Waals surface area contributed by atoms with Gasteiger partial charge in [-0.25, -0.2) is 9.59 Å². The van der Waals surface area contributed by atoms with E-state index in [9.17, 15) is 14.7 Å². The number of alkyl carbamates (subject to hydrolysis) is 1. The maximum atomic E-state index is 12.4. The third kappa shape index (κ3) is 8.31. The van der Waals surface area contributed by atoms with Crippen LogP contribution in [0.25, 0.3) is 0 Å². The Kier molecular flexibility index (Phi) is 9.39. The molecule has 3 aromatic rings. The quantitative estimate of drug-likeness (QED) is 0.387. The van der Waals surface area contributed by atoms with Crippen LogP contribution >= 0.6 is 11.8 Å². The highest BCUT2D eigenvalue weighted by Gasteiger charge is 2.30. The summed E-state index contributed by atoms with van der Waals surface area (Å²) in [6.45, 7) is 2.12. The molecule has 0 bridgehead atoms. The van der Waals surface area contributed by atoms with Gasteiger partial charge in [-0.05, 0) is 36.5 Å². The molecule has 0 heterocycles. The van der Waals surface area contributed by atoms with Crippen molar-refractivity contribution >= 4 is 23.8 Å². The molecule has 3 aromatic carbocycles. The Balaban J connectivity index is 1.66. The molecule has 3 rings (SSSR count). The van der Waals surface area contributed by atoms with Gasteiger partial charge in [0.2, 0.25) is 0 Å². The number of aliphatic carboxylic acids is 1. The second-order valence-electron chi connectivity index (χ2n) is 7.88. The highest BCUT2D eigenvalue weighted by atomic mass is 32.2. The number of carbonyl (C=O) groups is 2. The van der Waals surface area contributed by atoms with Crippen molar-refractivity contribution in [3.05, 3.63) is 107 Å². The lowest BCUT2D eigenvalue weighted by molar-refractivity contribution is -0.139. The molecule has 0 spiro atoms. The van der Waals surface area contributed by atoms with Crippen LogP contribution in [-0.4, -0.2) is 28.5 Å². The lowest BCUT2D eigenvalue weighted by atomic mass is 10.0. The largest absolute Gasteiger partial charge is 0.480 e. The first-order valence-electron chi connectivity index (χ1n) is 10.9. The van der Waals surface area contributed by atoms with Crippen molar-refractivity contribution < 1.29 is 19.4 Å². The number of rotatable bonds is 11. The van der Waals surface area contributed by atoms with Gasteiger partial charge in [0.1, 0.15) is 12.6 Å². The Labute approximate surface area is 199 Å². The number of aryl methyl sites for hydroxylation is 2. The first kappa shape index (κ1) is 24.4. The molecule has 5 nitrogen and oxygen atoms in total. The first-order valence-corrected chi connectivity index (χ1v) is 12.0. The number of amides is 1. The Morgan fingerprint density at radius 2 is 1.48 bits per heavy atom. The van der Waals surface area contributed by atoms with Crippen LogP contribution in [0.1, 0.15) is 28.7 Å². The molecule has 172 valence electrons. The molecule has 0 unspecified atom stereocenters. The van der Waals surface area contributed by atoms with Gasteiger partial charge >= 0.3 is 12.1 Å². The number of carboxylic acid groups (broad SMARTS) is 1. The summed E-state index contributed by atoms with van der Waals surface area (Å²) in [6.07, 6.45) is 0.597. The topological polar surface area (TPSA) is 75.6 Å². The summed E-state index contributed by atoms with van der Waals surface area (Å²) < 4.78 is 5.27. The van der Waals surface area contributed by atoms with E-state index in [-0.39, 0.29) is 11.9 Å². The van der Waals surface area contributed by atoms with Crippen LogP contribution in [0.4, 0.5) is 4.79 Å². The maximum absolute atomic E-state index is 12.4. The predicted molar refractivity (Wildman–Crippen MR) is 132 cm³/mol. The molecule has 0 saturated carbocycles. The minimum atomic E-state index is -1.07. The summed E-state index contributed by atoms with van der Waals surface area (Å²) in [5.41, 5.74) is 4.27. The van der Waals surface area contributed by atoms with Crippen LogP contribution in [0.2, 0.25) is 0 Å². The van der Waals surface area contributed by atoms with Gasteiger partial charge in [-0.2, -0.15) is 11.8 Å². The Hall–Kier alpha value is -3.25. The Morgan fingerprint density at radius 3 is 2.09 bits per heavy atom. The Morgan fingerprint density at radius 1 is 0.879 bits per heavy atom. The third-order valence-corrected chi connectivity index (χ3v) is 6.70. The summed E-state index contributed by atoms with van der Waals surface area (Å²) in [5, 5.41) is 12.2. The summed E-state index contributed by atoms with van der Waals surface area (Å²) in [6, 6.07) is 26.4. The zero-order valence-corrected chi connectivity index (χ0v) is 19.5. The van der Waals surface area contributed by atoms with Crippen LogP contribution in [0.3, 0.4) is 0 Å². The van der Waals surface area contributed by atoms with Gasteiger partial charge in [-0.15, -0.1) is 0 Å². The van der Waals surface area contributed by atoms with E-state index < -0.39 is 18.1 Å². The van der Waals surface area contributed by atoms with Gasteiger partial charge in [-0.3, -0.25) is 0 Å². The normalized spacial score (nSPS) is 12.5. The fourth-order valence-electron chi connectivity index (χ4n) is 3.39. The Bertz CT molecular complexity index is 1010. The van der Waals surface area contributed by atoms with E-state index in [2.05, 4.69) is 5.32 Å². The molecular formula is C27H29NO4S. The van der Waals surface area contributed by atoms with E-state index in [0.717, 1.165) is 23.1 Å². The van der Waals surface area contributed by atoms with E-state index in [1.807, 2.05) is 91.9 Å². The predicted octanol–water partition coefficient (Wildman–Crippen LogP) is 5.61. The van der Waals surface area contributed by atoms with E-state index in [0.29, 0.717) is 12.2 Å². The maximum Gasteiger partial charge on any atom is 0.408 e. The molecule has 0 aliphatic heterocycles. The van der Waals surface area contributed by atoms with Gasteiger partial charge < -0.3 is 15.2 Å². The number of ether oxygens (including phenoxy) is 1. The van der Waals surface area contributed by atoms with Crippen molar-refractivity contribution in [2.75, 3.05) is 0 Å². The fourth-order valence-corrected chi connectivity index (χ4v) is 4.65. The smallest absolute Gasteiger partial charge is 0.408 e. The number of nitrogens with one attached hydrogen (secondary N) is 1. The average Bonchev–Trinajstić information content (AvgIpc) is 2.84. The average molecular weight is 464 g/mol. The summed E-state index contributed by atoms with van der Waals surface area (Å²) in [4.78, 5) is 24.6. The lowest BCUT2D eigenvalue weighted by Crippen LogP contribution is -2.48. The van der Waals surface area contributed by atoms with Crippen LogP contribution in [0.15, 0.2) is 84.9 Å². The van der Waals surface area contributed by atoms with Gasteiger partial charge in [-0.1, -0.05) is 90.5 Å². The minimum absolute atomic E-state index is 0.0875. The molecular weight excluding hydrogens is 434 g/mol. The lowest BCUT2D eigenvalue weighted by Gasteiger charge is -2.24. The van der Waals surface area contributed by atoms with Crippen LogP contribution in [-0.2, 0) is 28.3 Å². The number of benzene rings is 3. The van der Waals surface area contributed by atoms with Crippen LogP contribution < -0.4 is 5.32 Å². The minimum Gasteiger partial charge on any atom is -0.480 e. The molecule has 0 aliphatic carbocycles. The zero-order chi connectivity index (χ0) is 23.5. The van der Waals surface area contributed by atoms with Crippen molar-refractivity contribution in [1.82, 2.24) is 5.32 Å². The van der Waals surface area contributed by atoms with Crippen molar-refractivity contribution in [2.45, 2.75) is 43.4 Å². The van der Waals surface area contributed by atoms with Crippen LogP contribution in [0, 0.1) is 6.92 Å². The van der Waals surface area contributed by atoms with Gasteiger partial charge in [0.05, 0.1) is 0 Å². The molecule has 1 amide bonds. The van der Waals surface area contributed by atoms with Gasteiger partial charge in [0.25, 0.3) is 0 Å². The molecule has 2 atom stereocenters. The highest BCUT2D eigenvalue weighted by molar-refractivity contribution is 7.99. The van der Waals surface area contributed by atoms with Crippen molar-refractivity contribution in [3.8, 4) is 0 Å².